The average molecular weight is 585 g/mol. The summed E-state index contributed by atoms with van der Waals surface area (Å²) in [5.41, 5.74) is 0. The zero-order valence-electron chi connectivity index (χ0n) is 25.8. The van der Waals surface area contributed by atoms with Crippen molar-refractivity contribution in [1.29, 1.82) is 0 Å². The molecule has 0 heterocycles. The monoisotopic (exact) mass is 584 g/mol. The van der Waals surface area contributed by atoms with Gasteiger partial charge in [0, 0.05) is 25.9 Å². The fraction of sp³-hybridized carbons (Fsp3) is 0.706. The Morgan fingerprint density at radius 3 is 1.29 bits per heavy atom. The van der Waals surface area contributed by atoms with Crippen LogP contribution in [0.25, 0.3) is 0 Å². The number of ether oxygens (including phenoxy) is 2. The van der Waals surface area contributed by atoms with Gasteiger partial charge in [0.1, 0.15) is 11.5 Å². The highest BCUT2D eigenvalue weighted by Gasteiger charge is 2.29. The van der Waals surface area contributed by atoms with Crippen LogP contribution in [0.15, 0.2) is 24.3 Å². The Labute approximate surface area is 252 Å². The van der Waals surface area contributed by atoms with Crippen molar-refractivity contribution in [3.63, 3.8) is 0 Å². The molecule has 0 saturated heterocycles. The van der Waals surface area contributed by atoms with Crippen molar-refractivity contribution in [1.82, 2.24) is 10.6 Å². The largest absolute Gasteiger partial charge is 0.426 e. The lowest BCUT2D eigenvalue weighted by molar-refractivity contribution is -0.141. The van der Waals surface area contributed by atoms with E-state index in [0.717, 1.165) is 89.9 Å². The number of hydrogen-bond acceptors (Lipinski definition) is 6. The number of nitrogens with one attached hydrogen (secondary N) is 2. The summed E-state index contributed by atoms with van der Waals surface area (Å²) < 4.78 is 11.2. The molecule has 0 unspecified atom stereocenters. The number of esters is 2. The lowest BCUT2D eigenvalue weighted by Gasteiger charge is -2.27. The topological polar surface area (TPSA) is 111 Å². The van der Waals surface area contributed by atoms with Crippen molar-refractivity contribution >= 4 is 23.8 Å². The van der Waals surface area contributed by atoms with E-state index in [1.165, 1.54) is 0 Å². The Morgan fingerprint density at radius 2 is 0.952 bits per heavy atom. The van der Waals surface area contributed by atoms with Crippen LogP contribution >= 0.6 is 0 Å². The molecule has 0 atom stereocenters. The number of hydrogen-bond donors (Lipinski definition) is 2. The van der Waals surface area contributed by atoms with Crippen molar-refractivity contribution in [2.45, 2.75) is 117 Å². The van der Waals surface area contributed by atoms with Gasteiger partial charge in [-0.2, -0.15) is 0 Å². The van der Waals surface area contributed by atoms with Crippen LogP contribution < -0.4 is 20.1 Å². The van der Waals surface area contributed by atoms with Crippen molar-refractivity contribution in [3.05, 3.63) is 24.3 Å². The smallest absolute Gasteiger partial charge is 0.314 e. The predicted molar refractivity (Wildman–Crippen MR) is 163 cm³/mol. The SMILES string of the molecule is CCCCCC(=O)NC[C@H]1CC[C@H](C(=O)Oc2ccc(OC(=O)[C@H]3CC[C@H](CNC(=O)CCCCC)CC3)cc2)CC1. The van der Waals surface area contributed by atoms with E-state index in [4.69, 9.17) is 9.47 Å². The van der Waals surface area contributed by atoms with E-state index in [-0.39, 0.29) is 35.6 Å². The van der Waals surface area contributed by atoms with Crippen LogP contribution in [0.2, 0.25) is 0 Å². The van der Waals surface area contributed by atoms with E-state index in [1.807, 2.05) is 0 Å². The van der Waals surface area contributed by atoms with Gasteiger partial charge in [0.2, 0.25) is 11.8 Å². The van der Waals surface area contributed by atoms with Gasteiger partial charge in [-0.05, 0) is 100 Å². The van der Waals surface area contributed by atoms with Crippen molar-refractivity contribution in [2.75, 3.05) is 13.1 Å². The lowest BCUT2D eigenvalue weighted by atomic mass is 9.82. The van der Waals surface area contributed by atoms with Gasteiger partial charge in [0.15, 0.2) is 0 Å². The number of rotatable bonds is 16. The highest BCUT2D eigenvalue weighted by molar-refractivity contribution is 5.77. The van der Waals surface area contributed by atoms with Crippen LogP contribution in [0, 0.1) is 23.7 Å². The third-order valence-electron chi connectivity index (χ3n) is 8.81. The summed E-state index contributed by atoms with van der Waals surface area (Å²) in [6.45, 7) is 5.63. The zero-order chi connectivity index (χ0) is 30.2. The maximum absolute atomic E-state index is 12.7. The molecule has 0 aliphatic heterocycles. The number of amides is 2. The second-order valence-corrected chi connectivity index (χ2v) is 12.3. The first-order valence-electron chi connectivity index (χ1n) is 16.4. The summed E-state index contributed by atoms with van der Waals surface area (Å²) >= 11 is 0. The minimum atomic E-state index is -0.226. The molecule has 1 aromatic carbocycles. The number of unbranched alkanes of at least 4 members (excludes halogenated alkanes) is 4. The van der Waals surface area contributed by atoms with Crippen LogP contribution in [0.3, 0.4) is 0 Å². The molecule has 1 aromatic rings. The molecule has 2 saturated carbocycles. The highest BCUT2D eigenvalue weighted by atomic mass is 16.5. The third-order valence-corrected chi connectivity index (χ3v) is 8.81. The highest BCUT2D eigenvalue weighted by Crippen LogP contribution is 2.32. The normalized spacial score (nSPS) is 22.1. The lowest BCUT2D eigenvalue weighted by Crippen LogP contribution is -2.33. The Balaban J connectivity index is 1.31. The number of benzene rings is 1. The molecule has 0 aromatic heterocycles. The van der Waals surface area contributed by atoms with Gasteiger partial charge in [-0.25, -0.2) is 0 Å². The molecule has 8 heteroatoms. The zero-order valence-corrected chi connectivity index (χ0v) is 25.8. The van der Waals surface area contributed by atoms with Crippen molar-refractivity contribution in [3.8, 4) is 11.5 Å². The maximum Gasteiger partial charge on any atom is 0.314 e. The van der Waals surface area contributed by atoms with Crippen molar-refractivity contribution in [2.24, 2.45) is 23.7 Å². The summed E-state index contributed by atoms with van der Waals surface area (Å²) in [5, 5.41) is 6.10. The fourth-order valence-electron chi connectivity index (χ4n) is 5.94. The summed E-state index contributed by atoms with van der Waals surface area (Å²) in [4.78, 5) is 49.4. The van der Waals surface area contributed by atoms with Crippen LogP contribution in [-0.2, 0) is 19.2 Å². The Bertz CT molecular complexity index is 899. The minimum Gasteiger partial charge on any atom is -0.426 e. The van der Waals surface area contributed by atoms with Crippen LogP contribution in [0.4, 0.5) is 0 Å². The average Bonchev–Trinajstić information content (AvgIpc) is 3.00. The van der Waals surface area contributed by atoms with Gasteiger partial charge in [-0.3, -0.25) is 19.2 Å². The molecular weight excluding hydrogens is 532 g/mol. The van der Waals surface area contributed by atoms with Gasteiger partial charge in [0.25, 0.3) is 0 Å². The van der Waals surface area contributed by atoms with Crippen LogP contribution in [0.1, 0.15) is 117 Å². The Kier molecular flexibility index (Phi) is 14.9. The standard InChI is InChI=1S/C34H52N2O6/c1-3-5-7-9-31(37)35-23-25-11-15-27(16-12-25)33(39)41-29-19-21-30(22-20-29)42-34(40)28-17-13-26(14-18-28)24-36-32(38)10-8-6-4-2/h19-22,25-28H,3-18,23-24H2,1-2H3,(H,35,37)(H,36,38)/t25-,26-,27-,28-. The van der Waals surface area contributed by atoms with E-state index in [1.54, 1.807) is 24.3 Å². The first-order chi connectivity index (χ1) is 20.4. The molecule has 2 N–H and O–H groups in total. The molecule has 3 rings (SSSR count). The molecular formula is C34H52N2O6. The first-order valence-corrected chi connectivity index (χ1v) is 16.4. The molecule has 8 nitrogen and oxygen atoms in total. The van der Waals surface area contributed by atoms with Gasteiger partial charge < -0.3 is 20.1 Å². The fourth-order valence-corrected chi connectivity index (χ4v) is 5.94. The van der Waals surface area contributed by atoms with E-state index in [2.05, 4.69) is 24.5 Å². The summed E-state index contributed by atoms with van der Waals surface area (Å²) in [6.07, 6.45) is 14.1. The van der Waals surface area contributed by atoms with Gasteiger partial charge in [-0.1, -0.05) is 39.5 Å². The summed E-state index contributed by atoms with van der Waals surface area (Å²) in [5.74, 6) is 1.24. The summed E-state index contributed by atoms with van der Waals surface area (Å²) in [7, 11) is 0. The van der Waals surface area contributed by atoms with Crippen LogP contribution in [0.5, 0.6) is 11.5 Å². The van der Waals surface area contributed by atoms with Gasteiger partial charge in [0.05, 0.1) is 11.8 Å². The van der Waals surface area contributed by atoms with Crippen molar-refractivity contribution < 1.29 is 28.7 Å². The Hall–Kier alpha value is -2.90. The molecule has 0 radical (unpaired) electrons. The van der Waals surface area contributed by atoms with E-state index >= 15 is 0 Å². The quantitative estimate of drug-likeness (QED) is 0.130. The predicted octanol–water partition coefficient (Wildman–Crippen LogP) is 6.50. The van der Waals surface area contributed by atoms with Gasteiger partial charge in [-0.15, -0.1) is 0 Å². The first kappa shape index (κ1) is 33.6. The maximum atomic E-state index is 12.7. The molecule has 2 fully saturated rings. The number of carbonyl (C=O) groups excluding carboxylic acids is 4. The summed E-state index contributed by atoms with van der Waals surface area (Å²) in [6, 6.07) is 6.67. The third kappa shape index (κ3) is 12.1. The van der Waals surface area contributed by atoms with E-state index in [9.17, 15) is 19.2 Å². The molecule has 42 heavy (non-hydrogen) atoms. The molecule has 2 amide bonds. The van der Waals surface area contributed by atoms with Gasteiger partial charge >= 0.3 is 11.9 Å². The molecule has 234 valence electrons. The Morgan fingerprint density at radius 1 is 0.595 bits per heavy atom. The van der Waals surface area contributed by atoms with Crippen LogP contribution in [-0.4, -0.2) is 36.8 Å². The molecule has 2 aliphatic rings. The second kappa shape index (κ2) is 18.6. The molecule has 2 aliphatic carbocycles. The number of carbonyl (C=O) groups is 4. The minimum absolute atomic E-state index is 0.126. The molecule has 0 bridgehead atoms. The second-order valence-electron chi connectivity index (χ2n) is 12.3. The molecule has 0 spiro atoms. The van der Waals surface area contributed by atoms with E-state index in [0.29, 0.717) is 49.3 Å². The van der Waals surface area contributed by atoms with E-state index < -0.39 is 0 Å².